The lowest BCUT2D eigenvalue weighted by Gasteiger charge is -2.12. The second kappa shape index (κ2) is 8.65. The molecule has 6 nitrogen and oxygen atoms in total. The van der Waals surface area contributed by atoms with Crippen LogP contribution in [-0.2, 0) is 0 Å². The highest BCUT2D eigenvalue weighted by Crippen LogP contribution is 2.35. The van der Waals surface area contributed by atoms with Gasteiger partial charge in [-0.25, -0.2) is 4.79 Å². The third-order valence-corrected chi connectivity index (χ3v) is 5.31. The zero-order valence-corrected chi connectivity index (χ0v) is 18.3. The number of para-hydroxylation sites is 1. The summed E-state index contributed by atoms with van der Waals surface area (Å²) in [5, 5.41) is 0.316. The molecule has 0 radical (unpaired) electrons. The summed E-state index contributed by atoms with van der Waals surface area (Å²) in [4.78, 5) is 26.0. The minimum atomic E-state index is -0.681. The summed E-state index contributed by atoms with van der Waals surface area (Å²) < 4.78 is 22.6. The van der Waals surface area contributed by atoms with Crippen molar-refractivity contribution in [2.75, 3.05) is 14.2 Å². The van der Waals surface area contributed by atoms with Crippen LogP contribution in [0.15, 0.2) is 80.4 Å². The van der Waals surface area contributed by atoms with Gasteiger partial charge in [0.2, 0.25) is 11.2 Å². The molecule has 4 aromatic rings. The summed E-state index contributed by atoms with van der Waals surface area (Å²) in [5.74, 6) is 0.499. The van der Waals surface area contributed by atoms with Crippen molar-refractivity contribution in [1.29, 1.82) is 0 Å². The first kappa shape index (κ1) is 20.7. The van der Waals surface area contributed by atoms with Gasteiger partial charge in [0.25, 0.3) is 0 Å². The number of methoxy groups -OCH3 is 2. The van der Waals surface area contributed by atoms with Crippen LogP contribution in [0, 0.1) is 0 Å². The third kappa shape index (κ3) is 4.04. The Morgan fingerprint density at radius 2 is 1.68 bits per heavy atom. The van der Waals surface area contributed by atoms with E-state index in [4.69, 9.17) is 18.6 Å². The quantitative estimate of drug-likeness (QED) is 0.353. The molecular weight excluding hydrogens is 464 g/mol. The minimum Gasteiger partial charge on any atom is -0.497 e. The number of ether oxygens (including phenoxy) is 3. The maximum absolute atomic E-state index is 13.2. The molecule has 0 aliphatic carbocycles. The number of rotatable bonds is 5. The summed E-state index contributed by atoms with van der Waals surface area (Å²) in [7, 11) is 3.09. The van der Waals surface area contributed by atoms with Crippen molar-refractivity contribution in [2.45, 2.75) is 0 Å². The van der Waals surface area contributed by atoms with Crippen LogP contribution in [0.25, 0.3) is 22.3 Å². The van der Waals surface area contributed by atoms with Crippen LogP contribution in [0.1, 0.15) is 10.4 Å². The molecular formula is C24H17BrO6. The standard InChI is InChI=1S/C24H17BrO6/c1-28-16-10-7-14(8-11-16)24(27)31-23-21(26)17-5-3-4-6-19(17)30-22(23)15-9-12-20(29-2)18(25)13-15/h3-13H,1-2H3. The first-order valence-electron chi connectivity index (χ1n) is 9.28. The average Bonchev–Trinajstić information content (AvgIpc) is 2.80. The molecule has 0 atom stereocenters. The molecule has 1 aromatic heterocycles. The van der Waals surface area contributed by atoms with E-state index in [1.807, 2.05) is 0 Å². The number of halogens is 1. The zero-order valence-electron chi connectivity index (χ0n) is 16.7. The van der Waals surface area contributed by atoms with Crippen molar-refractivity contribution in [1.82, 2.24) is 0 Å². The molecule has 31 heavy (non-hydrogen) atoms. The topological polar surface area (TPSA) is 75.0 Å². The molecule has 0 bridgehead atoms. The summed E-state index contributed by atoms with van der Waals surface area (Å²) in [5.41, 5.74) is 0.771. The fraction of sp³-hybridized carbons (Fsp3) is 0.0833. The van der Waals surface area contributed by atoms with Crippen molar-refractivity contribution in [3.63, 3.8) is 0 Å². The van der Waals surface area contributed by atoms with E-state index in [0.717, 1.165) is 0 Å². The molecule has 3 aromatic carbocycles. The highest BCUT2D eigenvalue weighted by Gasteiger charge is 2.22. The number of benzene rings is 3. The monoisotopic (exact) mass is 480 g/mol. The van der Waals surface area contributed by atoms with Crippen LogP contribution in [-0.4, -0.2) is 20.2 Å². The second-order valence-electron chi connectivity index (χ2n) is 6.55. The van der Waals surface area contributed by atoms with E-state index in [2.05, 4.69) is 15.9 Å². The summed E-state index contributed by atoms with van der Waals surface area (Å²) in [6, 6.07) is 18.4. The smallest absolute Gasteiger partial charge is 0.343 e. The number of carbonyl (C=O) groups is 1. The van der Waals surface area contributed by atoms with Crippen LogP contribution in [0.2, 0.25) is 0 Å². The van der Waals surface area contributed by atoms with Gasteiger partial charge in [0.15, 0.2) is 5.76 Å². The molecule has 4 rings (SSSR count). The van der Waals surface area contributed by atoms with Gasteiger partial charge in [-0.2, -0.15) is 0 Å². The summed E-state index contributed by atoms with van der Waals surface area (Å²) in [6.07, 6.45) is 0. The molecule has 0 unspecified atom stereocenters. The van der Waals surface area contributed by atoms with Crippen molar-refractivity contribution in [3.8, 4) is 28.6 Å². The SMILES string of the molecule is COc1ccc(C(=O)Oc2c(-c3ccc(OC)c(Br)c3)oc3ccccc3c2=O)cc1. The van der Waals surface area contributed by atoms with Gasteiger partial charge in [0, 0.05) is 5.56 Å². The van der Waals surface area contributed by atoms with E-state index in [-0.39, 0.29) is 17.1 Å². The van der Waals surface area contributed by atoms with Crippen molar-refractivity contribution >= 4 is 32.9 Å². The molecule has 1 heterocycles. The molecule has 0 fully saturated rings. The van der Waals surface area contributed by atoms with Gasteiger partial charge in [-0.05, 0) is 70.5 Å². The van der Waals surface area contributed by atoms with Gasteiger partial charge in [0.05, 0.1) is 29.6 Å². The maximum Gasteiger partial charge on any atom is 0.343 e. The lowest BCUT2D eigenvalue weighted by atomic mass is 10.1. The van der Waals surface area contributed by atoms with E-state index in [9.17, 15) is 9.59 Å². The molecule has 7 heteroatoms. The lowest BCUT2D eigenvalue weighted by Crippen LogP contribution is -2.16. The van der Waals surface area contributed by atoms with Crippen LogP contribution >= 0.6 is 15.9 Å². The molecule has 0 saturated carbocycles. The number of hydrogen-bond acceptors (Lipinski definition) is 6. The number of hydrogen-bond donors (Lipinski definition) is 0. The zero-order chi connectivity index (χ0) is 22.0. The molecule has 156 valence electrons. The number of esters is 1. The first-order chi connectivity index (χ1) is 15.0. The van der Waals surface area contributed by atoms with Gasteiger partial charge in [-0.1, -0.05) is 12.1 Å². The van der Waals surface area contributed by atoms with Crippen molar-refractivity contribution < 1.29 is 23.4 Å². The Morgan fingerprint density at radius 1 is 0.935 bits per heavy atom. The van der Waals surface area contributed by atoms with E-state index in [1.54, 1.807) is 73.8 Å². The third-order valence-electron chi connectivity index (χ3n) is 4.69. The molecule has 0 spiro atoms. The largest absolute Gasteiger partial charge is 0.497 e. The van der Waals surface area contributed by atoms with E-state index < -0.39 is 11.4 Å². The summed E-state index contributed by atoms with van der Waals surface area (Å²) in [6.45, 7) is 0. The maximum atomic E-state index is 13.2. The predicted octanol–water partition coefficient (Wildman–Crippen LogP) is 5.46. The molecule has 0 aliphatic heterocycles. The first-order valence-corrected chi connectivity index (χ1v) is 10.1. The normalized spacial score (nSPS) is 10.7. The van der Waals surface area contributed by atoms with Crippen LogP contribution < -0.4 is 19.6 Å². The molecule has 0 amide bonds. The molecule has 0 aliphatic rings. The Kier molecular flexibility index (Phi) is 5.77. The predicted molar refractivity (Wildman–Crippen MR) is 120 cm³/mol. The minimum absolute atomic E-state index is 0.147. The molecule has 0 N–H and O–H groups in total. The van der Waals surface area contributed by atoms with Crippen LogP contribution in [0.5, 0.6) is 17.2 Å². The Labute approximate surface area is 186 Å². The fourth-order valence-corrected chi connectivity index (χ4v) is 3.63. The molecule has 0 saturated heterocycles. The van der Waals surface area contributed by atoms with Gasteiger partial charge in [-0.15, -0.1) is 0 Å². The number of carbonyl (C=O) groups excluding carboxylic acids is 1. The Hall–Kier alpha value is -3.58. The highest BCUT2D eigenvalue weighted by molar-refractivity contribution is 9.10. The second-order valence-corrected chi connectivity index (χ2v) is 7.41. The highest BCUT2D eigenvalue weighted by atomic mass is 79.9. The van der Waals surface area contributed by atoms with E-state index in [0.29, 0.717) is 32.5 Å². The van der Waals surface area contributed by atoms with Crippen molar-refractivity contribution in [2.24, 2.45) is 0 Å². The van der Waals surface area contributed by atoms with E-state index >= 15 is 0 Å². The van der Waals surface area contributed by atoms with Crippen LogP contribution in [0.3, 0.4) is 0 Å². The van der Waals surface area contributed by atoms with Gasteiger partial charge in [0.1, 0.15) is 17.1 Å². The lowest BCUT2D eigenvalue weighted by molar-refractivity contribution is 0.0731. The van der Waals surface area contributed by atoms with E-state index in [1.165, 1.54) is 7.11 Å². The van der Waals surface area contributed by atoms with Crippen LogP contribution in [0.4, 0.5) is 0 Å². The fourth-order valence-electron chi connectivity index (χ4n) is 3.09. The Bertz CT molecular complexity index is 1320. The Morgan fingerprint density at radius 3 is 2.35 bits per heavy atom. The Balaban J connectivity index is 1.85. The number of fused-ring (bicyclic) bond motifs is 1. The van der Waals surface area contributed by atoms with Gasteiger partial charge in [-0.3, -0.25) is 4.79 Å². The van der Waals surface area contributed by atoms with Crippen molar-refractivity contribution in [3.05, 3.63) is 87.0 Å². The van der Waals surface area contributed by atoms with Gasteiger partial charge >= 0.3 is 5.97 Å². The summed E-state index contributed by atoms with van der Waals surface area (Å²) >= 11 is 3.43. The van der Waals surface area contributed by atoms with Gasteiger partial charge < -0.3 is 18.6 Å². The average molecular weight is 481 g/mol.